The molecule has 0 fully saturated rings. The van der Waals surface area contributed by atoms with Crippen molar-refractivity contribution in [1.82, 2.24) is 5.32 Å². The Bertz CT molecular complexity index is 1160. The van der Waals surface area contributed by atoms with Gasteiger partial charge in [0.05, 0.1) is 4.90 Å². The lowest BCUT2D eigenvalue weighted by atomic mass is 9.96. The number of furan rings is 1. The highest BCUT2D eigenvalue weighted by Crippen LogP contribution is 2.27. The lowest BCUT2D eigenvalue weighted by molar-refractivity contribution is -0.126. The number of benzene rings is 1. The Hall–Kier alpha value is -3.48. The van der Waals surface area contributed by atoms with Crippen LogP contribution in [0.1, 0.15) is 12.7 Å². The van der Waals surface area contributed by atoms with E-state index in [4.69, 9.17) is 9.68 Å². The highest BCUT2D eigenvalue weighted by molar-refractivity contribution is 7.85. The molecule has 1 aromatic heterocycles. The van der Waals surface area contributed by atoms with E-state index in [2.05, 4.69) is 5.32 Å². The fraction of sp³-hybridized carbons (Fsp3) is 0.0556. The number of carbonyl (C=O) groups excluding carboxylic acids is 2. The van der Waals surface area contributed by atoms with Gasteiger partial charge in [0.15, 0.2) is 0 Å². The topological polar surface area (TPSA) is 140 Å². The maximum atomic E-state index is 12.0. The van der Waals surface area contributed by atoms with Crippen LogP contribution in [0.4, 0.5) is 0 Å². The first kappa shape index (κ1) is 18.3. The molecule has 1 N–H and O–H groups in total. The second kappa shape index (κ2) is 6.68. The summed E-state index contributed by atoms with van der Waals surface area (Å²) in [6.45, 7) is 1.49. The maximum Gasteiger partial charge on any atom is 0.269 e. The normalized spacial score (nSPS) is 16.4. The first-order valence-corrected chi connectivity index (χ1v) is 8.96. The summed E-state index contributed by atoms with van der Waals surface area (Å²) in [5.41, 5.74) is 0.747. The van der Waals surface area contributed by atoms with Crippen LogP contribution in [0, 0.1) is 11.3 Å². The Morgan fingerprint density at radius 1 is 1.11 bits per heavy atom. The van der Waals surface area contributed by atoms with Crippen LogP contribution in [-0.4, -0.2) is 24.8 Å². The average molecular weight is 383 g/mol. The molecule has 0 unspecified atom stereocenters. The van der Waals surface area contributed by atoms with Gasteiger partial charge < -0.3 is 8.97 Å². The van der Waals surface area contributed by atoms with E-state index in [0.717, 1.165) is 0 Å². The fourth-order valence-electron chi connectivity index (χ4n) is 2.53. The molecule has 0 saturated heterocycles. The summed E-state index contributed by atoms with van der Waals surface area (Å²) in [7, 11) is -4.53. The van der Waals surface area contributed by atoms with Crippen LogP contribution in [0.15, 0.2) is 62.4 Å². The van der Waals surface area contributed by atoms with Crippen LogP contribution in [0.5, 0.6) is 0 Å². The van der Waals surface area contributed by atoms with Gasteiger partial charge in [-0.25, -0.2) is 8.42 Å². The lowest BCUT2D eigenvalue weighted by Gasteiger charge is -2.15. The summed E-state index contributed by atoms with van der Waals surface area (Å²) in [6.07, 6.45) is 1.40. The minimum absolute atomic E-state index is 0.125. The molecule has 3 rings (SSSR count). The number of nitriles is 1. The van der Waals surface area contributed by atoms with Gasteiger partial charge in [0.25, 0.3) is 11.8 Å². The zero-order valence-corrected chi connectivity index (χ0v) is 14.7. The van der Waals surface area contributed by atoms with Crippen LogP contribution in [0.25, 0.3) is 17.4 Å². The highest BCUT2D eigenvalue weighted by Gasteiger charge is 2.27. The second-order valence-corrected chi connectivity index (χ2v) is 7.01. The Morgan fingerprint density at radius 2 is 1.78 bits per heavy atom. The van der Waals surface area contributed by atoms with Crippen LogP contribution in [0.2, 0.25) is 0 Å². The van der Waals surface area contributed by atoms with Crippen molar-refractivity contribution in [3.8, 4) is 17.4 Å². The summed E-state index contributed by atoms with van der Waals surface area (Å²) in [5.74, 6) is -0.710. The number of hydrogen-bond acceptors (Lipinski definition) is 7. The predicted molar refractivity (Wildman–Crippen MR) is 91.5 cm³/mol. The van der Waals surface area contributed by atoms with E-state index in [1.807, 2.05) is 0 Å². The van der Waals surface area contributed by atoms with Crippen LogP contribution >= 0.6 is 0 Å². The van der Waals surface area contributed by atoms with Gasteiger partial charge in [-0.2, -0.15) is 5.26 Å². The minimum Gasteiger partial charge on any atom is -0.744 e. The van der Waals surface area contributed by atoms with E-state index < -0.39 is 21.9 Å². The summed E-state index contributed by atoms with van der Waals surface area (Å²) in [5, 5.41) is 11.1. The highest BCUT2D eigenvalue weighted by atomic mass is 32.2. The number of nitrogens with zero attached hydrogens (tertiary/aromatic N) is 1. The largest absolute Gasteiger partial charge is 0.744 e. The molecule has 8 nitrogen and oxygen atoms in total. The third kappa shape index (κ3) is 3.57. The number of hydrogen-bond donors (Lipinski definition) is 1. The number of rotatable bonds is 3. The van der Waals surface area contributed by atoms with Crippen molar-refractivity contribution in [3.63, 3.8) is 0 Å². The molecular formula is C18H11N2O6S-. The van der Waals surface area contributed by atoms with Crippen LogP contribution in [-0.2, 0) is 19.7 Å². The van der Waals surface area contributed by atoms with E-state index in [-0.39, 0.29) is 21.6 Å². The molecule has 1 aliphatic heterocycles. The van der Waals surface area contributed by atoms with Gasteiger partial charge in [-0.1, -0.05) is 0 Å². The molecule has 0 radical (unpaired) electrons. The first-order valence-electron chi connectivity index (χ1n) is 7.55. The summed E-state index contributed by atoms with van der Waals surface area (Å²) in [6, 6.07) is 10.1. The molecule has 9 heteroatoms. The molecular weight excluding hydrogens is 372 g/mol. The van der Waals surface area contributed by atoms with Gasteiger partial charge >= 0.3 is 0 Å². The zero-order valence-electron chi connectivity index (χ0n) is 13.8. The van der Waals surface area contributed by atoms with Gasteiger partial charge in [-0.15, -0.1) is 0 Å². The third-order valence-corrected chi connectivity index (χ3v) is 4.78. The molecule has 2 aromatic rings. The molecule has 1 aliphatic rings. The van der Waals surface area contributed by atoms with Crippen LogP contribution < -0.4 is 5.32 Å². The van der Waals surface area contributed by atoms with Gasteiger partial charge in [0, 0.05) is 11.1 Å². The molecule has 1 aromatic carbocycles. The quantitative estimate of drug-likeness (QED) is 0.483. The number of imide groups is 1. The van der Waals surface area contributed by atoms with Crippen molar-refractivity contribution < 1.29 is 27.0 Å². The second-order valence-electron chi connectivity index (χ2n) is 5.63. The van der Waals surface area contributed by atoms with Crippen molar-refractivity contribution >= 4 is 28.0 Å². The molecule has 0 bridgehead atoms. The third-order valence-electron chi connectivity index (χ3n) is 3.93. The molecule has 2 amide bonds. The van der Waals surface area contributed by atoms with Crippen molar-refractivity contribution in [2.45, 2.75) is 11.8 Å². The lowest BCUT2D eigenvalue weighted by Crippen LogP contribution is -2.37. The van der Waals surface area contributed by atoms with Crippen molar-refractivity contribution in [2.75, 3.05) is 0 Å². The van der Waals surface area contributed by atoms with Crippen molar-refractivity contribution in [3.05, 3.63) is 58.9 Å². The molecule has 0 saturated carbocycles. The molecule has 136 valence electrons. The fourth-order valence-corrected chi connectivity index (χ4v) is 3.00. The average Bonchev–Trinajstić information content (AvgIpc) is 3.07. The molecule has 0 aliphatic carbocycles. The summed E-state index contributed by atoms with van der Waals surface area (Å²) in [4.78, 5) is 23.3. The Labute approximate surface area is 154 Å². The Balaban J connectivity index is 1.96. The monoisotopic (exact) mass is 383 g/mol. The van der Waals surface area contributed by atoms with E-state index in [1.54, 1.807) is 18.2 Å². The standard InChI is InChI=1S/C18H12N2O6S/c1-10-14(17(21)20-18(22)15(10)9-19)8-12-4-7-16(26-12)11-2-5-13(6-3-11)27(23,24)25/h2-8H,1H3,(H,20,21,22)(H,23,24,25)/p-1/b14-8-. The van der Waals surface area contributed by atoms with Crippen LogP contribution in [0.3, 0.4) is 0 Å². The summed E-state index contributed by atoms with van der Waals surface area (Å²) >= 11 is 0. The van der Waals surface area contributed by atoms with E-state index >= 15 is 0 Å². The molecule has 2 heterocycles. The molecule has 0 atom stereocenters. The van der Waals surface area contributed by atoms with Gasteiger partial charge in [0.1, 0.15) is 33.3 Å². The van der Waals surface area contributed by atoms with Gasteiger partial charge in [-0.3, -0.25) is 14.9 Å². The number of nitrogens with one attached hydrogen (secondary N) is 1. The van der Waals surface area contributed by atoms with Crippen molar-refractivity contribution in [1.29, 1.82) is 5.26 Å². The zero-order chi connectivity index (χ0) is 19.8. The maximum absolute atomic E-state index is 12.0. The Kier molecular flexibility index (Phi) is 4.53. The Morgan fingerprint density at radius 3 is 2.37 bits per heavy atom. The SMILES string of the molecule is CC1=C(C#N)C(=O)NC(=O)/C1=C\c1ccc(-c2ccc(S(=O)(=O)[O-])cc2)o1. The van der Waals surface area contributed by atoms with Gasteiger partial charge in [-0.05, 0) is 55.0 Å². The molecule has 0 spiro atoms. The summed E-state index contributed by atoms with van der Waals surface area (Å²) < 4.78 is 38.5. The van der Waals surface area contributed by atoms with E-state index in [1.165, 1.54) is 37.3 Å². The number of carbonyl (C=O) groups is 2. The van der Waals surface area contributed by atoms with Gasteiger partial charge in [0.2, 0.25) is 0 Å². The van der Waals surface area contributed by atoms with E-state index in [9.17, 15) is 22.6 Å². The van der Waals surface area contributed by atoms with Crippen molar-refractivity contribution in [2.24, 2.45) is 0 Å². The predicted octanol–water partition coefficient (Wildman–Crippen LogP) is 1.73. The minimum atomic E-state index is -4.53. The first-order chi connectivity index (χ1) is 12.7. The smallest absolute Gasteiger partial charge is 0.269 e. The number of amides is 2. The van der Waals surface area contributed by atoms with E-state index in [0.29, 0.717) is 17.1 Å². The molecule has 27 heavy (non-hydrogen) atoms.